The Hall–Kier alpha value is -0.530. The lowest BCUT2D eigenvalue weighted by Crippen LogP contribution is -2.02. The molecule has 0 aromatic heterocycles. The molecule has 0 heterocycles. The van der Waals surface area contributed by atoms with Crippen molar-refractivity contribution in [3.05, 3.63) is 0 Å². The van der Waals surface area contributed by atoms with E-state index < -0.39 is 10.1 Å². The minimum absolute atomic E-state index is 0.154. The minimum Gasteiger partial charge on any atom is -0.286 e. The Kier molecular flexibility index (Phi) is 4.92. The first-order valence-corrected chi connectivity index (χ1v) is 5.02. The highest BCUT2D eigenvalue weighted by atomic mass is 32.2. The van der Waals surface area contributed by atoms with Crippen molar-refractivity contribution in [2.75, 3.05) is 5.75 Å². The van der Waals surface area contributed by atoms with Crippen LogP contribution in [0.1, 0.15) is 26.2 Å². The lowest BCUT2D eigenvalue weighted by atomic mass is 10.2. The van der Waals surface area contributed by atoms with Gasteiger partial charge in [0.05, 0.1) is 5.75 Å². The third kappa shape index (κ3) is 9.47. The highest BCUT2D eigenvalue weighted by Gasteiger charge is 2.01. The summed E-state index contributed by atoms with van der Waals surface area (Å²) in [5.74, 6) is 5.36. The Bertz CT molecular complexity index is 243. The summed E-state index contributed by atoms with van der Waals surface area (Å²) in [4.78, 5) is 0. The lowest BCUT2D eigenvalue weighted by molar-refractivity contribution is 0.480. The molecule has 0 atom stereocenters. The van der Waals surface area contributed by atoms with Gasteiger partial charge in [0.2, 0.25) is 0 Å². The Morgan fingerprint density at radius 3 is 2.45 bits per heavy atom. The summed E-state index contributed by atoms with van der Waals surface area (Å²) in [6.07, 6.45) is 1.90. The molecule has 0 rings (SSSR count). The van der Waals surface area contributed by atoms with Crippen LogP contribution < -0.4 is 0 Å². The fourth-order valence-corrected chi connectivity index (χ4v) is 1.19. The molecule has 0 unspecified atom stereocenters. The van der Waals surface area contributed by atoms with Crippen LogP contribution in [0, 0.1) is 11.8 Å². The molecule has 3 nitrogen and oxygen atoms in total. The summed E-state index contributed by atoms with van der Waals surface area (Å²) >= 11 is 0. The van der Waals surface area contributed by atoms with Gasteiger partial charge in [0.15, 0.2) is 0 Å². The molecule has 0 aromatic carbocycles. The average molecular weight is 176 g/mol. The first-order chi connectivity index (χ1) is 5.06. The van der Waals surface area contributed by atoms with Gasteiger partial charge in [-0.1, -0.05) is 0 Å². The molecule has 0 aromatic rings. The van der Waals surface area contributed by atoms with Crippen LogP contribution >= 0.6 is 0 Å². The zero-order valence-corrected chi connectivity index (χ0v) is 7.32. The minimum atomic E-state index is -3.76. The van der Waals surface area contributed by atoms with Crippen LogP contribution in [0.3, 0.4) is 0 Å². The average Bonchev–Trinajstić information content (AvgIpc) is 1.85. The molecule has 0 amide bonds. The molecule has 64 valence electrons. The van der Waals surface area contributed by atoms with E-state index in [4.69, 9.17) is 4.55 Å². The molecule has 11 heavy (non-hydrogen) atoms. The van der Waals surface area contributed by atoms with Crippen molar-refractivity contribution in [1.29, 1.82) is 0 Å². The third-order valence-corrected chi connectivity index (χ3v) is 1.94. The molecule has 0 spiro atoms. The van der Waals surface area contributed by atoms with Crippen LogP contribution in [0.4, 0.5) is 0 Å². The van der Waals surface area contributed by atoms with Crippen molar-refractivity contribution in [2.45, 2.75) is 26.2 Å². The zero-order chi connectivity index (χ0) is 8.74. The number of hydrogen-bond acceptors (Lipinski definition) is 2. The van der Waals surface area contributed by atoms with Gasteiger partial charge in [-0.2, -0.15) is 8.42 Å². The Labute approximate surface area is 67.6 Å². The second-order valence-electron chi connectivity index (χ2n) is 2.17. The summed E-state index contributed by atoms with van der Waals surface area (Å²) in [5, 5.41) is 0. The maximum atomic E-state index is 10.2. The van der Waals surface area contributed by atoms with E-state index in [0.29, 0.717) is 12.8 Å². The quantitative estimate of drug-likeness (QED) is 0.396. The van der Waals surface area contributed by atoms with E-state index in [1.807, 2.05) is 0 Å². The monoisotopic (exact) mass is 176 g/mol. The molecule has 1 N–H and O–H groups in total. The maximum absolute atomic E-state index is 10.2. The lowest BCUT2D eigenvalue weighted by Gasteiger charge is -1.93. The molecule has 0 fully saturated rings. The van der Waals surface area contributed by atoms with Gasteiger partial charge in [-0.3, -0.25) is 4.55 Å². The molecule has 0 aliphatic carbocycles. The standard InChI is InChI=1S/C7H12O3S/c1-2-3-4-5-6-7-11(8,9)10/h4-7H2,1H3,(H,8,9,10). The van der Waals surface area contributed by atoms with Gasteiger partial charge < -0.3 is 0 Å². The molecule has 0 aliphatic rings. The fraction of sp³-hybridized carbons (Fsp3) is 0.714. The van der Waals surface area contributed by atoms with Crippen LogP contribution in [0.2, 0.25) is 0 Å². The normalized spacial score (nSPS) is 10.4. The van der Waals surface area contributed by atoms with Crippen LogP contribution in [0.25, 0.3) is 0 Å². The predicted molar refractivity (Wildman–Crippen MR) is 43.7 cm³/mol. The van der Waals surface area contributed by atoms with Crippen molar-refractivity contribution in [1.82, 2.24) is 0 Å². The topological polar surface area (TPSA) is 54.4 Å². The van der Waals surface area contributed by atoms with Crippen molar-refractivity contribution < 1.29 is 13.0 Å². The number of hydrogen-bond donors (Lipinski definition) is 1. The van der Waals surface area contributed by atoms with E-state index in [1.54, 1.807) is 6.92 Å². The smallest absolute Gasteiger partial charge is 0.264 e. The molecule has 0 aliphatic heterocycles. The van der Waals surface area contributed by atoms with E-state index in [9.17, 15) is 8.42 Å². The molecule has 4 heteroatoms. The van der Waals surface area contributed by atoms with Gasteiger partial charge in [-0.25, -0.2) is 0 Å². The molecule has 0 bridgehead atoms. The van der Waals surface area contributed by atoms with Crippen molar-refractivity contribution in [2.24, 2.45) is 0 Å². The highest BCUT2D eigenvalue weighted by molar-refractivity contribution is 7.85. The second kappa shape index (κ2) is 5.16. The molecule has 0 saturated carbocycles. The fourth-order valence-electron chi connectivity index (χ4n) is 0.623. The summed E-state index contributed by atoms with van der Waals surface area (Å²) in [5.41, 5.74) is 0. The number of rotatable bonds is 4. The first-order valence-electron chi connectivity index (χ1n) is 3.41. The summed E-state index contributed by atoms with van der Waals surface area (Å²) in [6.45, 7) is 1.74. The summed E-state index contributed by atoms with van der Waals surface area (Å²) in [6, 6.07) is 0. The van der Waals surface area contributed by atoms with E-state index in [0.717, 1.165) is 6.42 Å². The van der Waals surface area contributed by atoms with Gasteiger partial charge in [0, 0.05) is 6.42 Å². The van der Waals surface area contributed by atoms with Crippen molar-refractivity contribution >= 4 is 10.1 Å². The van der Waals surface area contributed by atoms with E-state index in [2.05, 4.69) is 11.8 Å². The van der Waals surface area contributed by atoms with Gasteiger partial charge in [-0.15, -0.1) is 11.8 Å². The molecular formula is C7H12O3S. The van der Waals surface area contributed by atoms with Gasteiger partial charge in [-0.05, 0) is 19.8 Å². The van der Waals surface area contributed by atoms with Crippen LogP contribution in [0.15, 0.2) is 0 Å². The Morgan fingerprint density at radius 1 is 1.36 bits per heavy atom. The van der Waals surface area contributed by atoms with Crippen molar-refractivity contribution in [3.63, 3.8) is 0 Å². The summed E-state index contributed by atoms with van der Waals surface area (Å²) < 4.78 is 28.7. The van der Waals surface area contributed by atoms with E-state index in [-0.39, 0.29) is 5.75 Å². The van der Waals surface area contributed by atoms with Gasteiger partial charge in [0.1, 0.15) is 0 Å². The van der Waals surface area contributed by atoms with Gasteiger partial charge in [0.25, 0.3) is 10.1 Å². The largest absolute Gasteiger partial charge is 0.286 e. The first kappa shape index (κ1) is 10.5. The highest BCUT2D eigenvalue weighted by Crippen LogP contribution is 1.96. The van der Waals surface area contributed by atoms with Gasteiger partial charge >= 0.3 is 0 Å². The second-order valence-corrected chi connectivity index (χ2v) is 3.74. The van der Waals surface area contributed by atoms with Crippen LogP contribution in [0.5, 0.6) is 0 Å². The Morgan fingerprint density at radius 2 is 2.00 bits per heavy atom. The van der Waals surface area contributed by atoms with Crippen LogP contribution in [-0.2, 0) is 10.1 Å². The van der Waals surface area contributed by atoms with E-state index in [1.165, 1.54) is 0 Å². The molecule has 0 radical (unpaired) electrons. The molecular weight excluding hydrogens is 164 g/mol. The molecule has 0 saturated heterocycles. The van der Waals surface area contributed by atoms with Crippen LogP contribution in [-0.4, -0.2) is 18.7 Å². The summed E-state index contributed by atoms with van der Waals surface area (Å²) in [7, 11) is -3.76. The third-order valence-electron chi connectivity index (χ3n) is 1.13. The SMILES string of the molecule is CC#CCCCCS(=O)(=O)O. The predicted octanol–water partition coefficient (Wildman–Crippen LogP) is 1.07. The zero-order valence-electron chi connectivity index (χ0n) is 6.50. The van der Waals surface area contributed by atoms with E-state index >= 15 is 0 Å². The maximum Gasteiger partial charge on any atom is 0.264 e. The van der Waals surface area contributed by atoms with Crippen molar-refractivity contribution in [3.8, 4) is 11.8 Å². The number of unbranched alkanes of at least 4 members (excludes halogenated alkanes) is 2. The Balaban J connectivity index is 3.34.